The van der Waals surface area contributed by atoms with Gasteiger partial charge in [-0.1, -0.05) is 23.7 Å². The van der Waals surface area contributed by atoms with E-state index in [0.29, 0.717) is 34.4 Å². The van der Waals surface area contributed by atoms with E-state index in [1.165, 1.54) is 18.4 Å². The number of anilines is 3. The minimum atomic E-state index is -0.573. The molecule has 3 amide bonds. The molecule has 170 valence electrons. The lowest BCUT2D eigenvalue weighted by molar-refractivity contribution is -0.122. The molecule has 1 aliphatic rings. The molecule has 0 aliphatic carbocycles. The van der Waals surface area contributed by atoms with Gasteiger partial charge in [0.1, 0.15) is 5.75 Å². The van der Waals surface area contributed by atoms with Gasteiger partial charge in [0.2, 0.25) is 11.8 Å². The van der Waals surface area contributed by atoms with Crippen LogP contribution in [0.1, 0.15) is 23.9 Å². The second-order valence-electron chi connectivity index (χ2n) is 7.42. The second-order valence-corrected chi connectivity index (χ2v) is 7.85. The molecule has 2 N–H and O–H groups in total. The third-order valence-electron chi connectivity index (χ3n) is 5.18. The third kappa shape index (κ3) is 5.01. The average Bonchev–Trinajstić information content (AvgIpc) is 3.46. The molecule has 0 spiro atoms. The van der Waals surface area contributed by atoms with E-state index in [0.717, 1.165) is 0 Å². The summed E-state index contributed by atoms with van der Waals surface area (Å²) >= 11 is 6.08. The number of furan rings is 1. The number of nitrogens with zero attached hydrogens (tertiary/aromatic N) is 1. The highest BCUT2D eigenvalue weighted by atomic mass is 35.5. The fourth-order valence-corrected chi connectivity index (χ4v) is 3.80. The van der Waals surface area contributed by atoms with Crippen LogP contribution in [0, 0.1) is 5.92 Å². The summed E-state index contributed by atoms with van der Waals surface area (Å²) in [4.78, 5) is 39.7. The Kier molecular flexibility index (Phi) is 6.65. The molecule has 2 heterocycles. The monoisotopic (exact) mass is 467 g/mol. The largest absolute Gasteiger partial charge is 0.492 e. The Morgan fingerprint density at radius 2 is 1.94 bits per heavy atom. The number of benzene rings is 2. The van der Waals surface area contributed by atoms with Gasteiger partial charge in [-0.25, -0.2) is 0 Å². The first kappa shape index (κ1) is 22.4. The highest BCUT2D eigenvalue weighted by Crippen LogP contribution is 2.34. The van der Waals surface area contributed by atoms with Crippen LogP contribution < -0.4 is 20.3 Å². The van der Waals surface area contributed by atoms with Gasteiger partial charge in [-0.2, -0.15) is 0 Å². The summed E-state index contributed by atoms with van der Waals surface area (Å²) in [6.07, 6.45) is 1.45. The van der Waals surface area contributed by atoms with E-state index in [1.807, 2.05) is 19.1 Å². The third-order valence-corrected chi connectivity index (χ3v) is 5.42. The van der Waals surface area contributed by atoms with E-state index in [2.05, 4.69) is 10.6 Å². The summed E-state index contributed by atoms with van der Waals surface area (Å²) in [5, 5.41) is 5.89. The van der Waals surface area contributed by atoms with Gasteiger partial charge < -0.3 is 24.7 Å². The summed E-state index contributed by atoms with van der Waals surface area (Å²) in [6, 6.07) is 15.1. The van der Waals surface area contributed by atoms with E-state index in [-0.39, 0.29) is 30.5 Å². The molecular formula is C24H22ClN3O5. The highest BCUT2D eigenvalue weighted by molar-refractivity contribution is 6.31. The van der Waals surface area contributed by atoms with Crippen molar-refractivity contribution in [2.75, 3.05) is 28.7 Å². The normalized spacial score (nSPS) is 15.4. The molecule has 0 bridgehead atoms. The first-order chi connectivity index (χ1) is 16.0. The Bertz CT molecular complexity index is 1180. The van der Waals surface area contributed by atoms with Crippen molar-refractivity contribution in [1.82, 2.24) is 0 Å². The van der Waals surface area contributed by atoms with Crippen LogP contribution in [-0.2, 0) is 9.59 Å². The molecule has 1 aromatic heterocycles. The number of halogens is 1. The molecule has 0 radical (unpaired) electrons. The first-order valence-electron chi connectivity index (χ1n) is 10.4. The van der Waals surface area contributed by atoms with E-state index < -0.39 is 11.8 Å². The summed E-state index contributed by atoms with van der Waals surface area (Å²) in [5.41, 5.74) is 1.32. The lowest BCUT2D eigenvalue weighted by Gasteiger charge is -2.20. The van der Waals surface area contributed by atoms with Crippen molar-refractivity contribution in [2.45, 2.75) is 13.3 Å². The van der Waals surface area contributed by atoms with Crippen LogP contribution in [0.15, 0.2) is 65.3 Å². The van der Waals surface area contributed by atoms with Gasteiger partial charge in [0.25, 0.3) is 5.91 Å². The van der Waals surface area contributed by atoms with Crippen molar-refractivity contribution in [3.05, 3.63) is 71.6 Å². The van der Waals surface area contributed by atoms with Crippen molar-refractivity contribution >= 4 is 46.4 Å². The van der Waals surface area contributed by atoms with Crippen LogP contribution in [-0.4, -0.2) is 30.9 Å². The predicted molar refractivity (Wildman–Crippen MR) is 125 cm³/mol. The zero-order chi connectivity index (χ0) is 23.4. The summed E-state index contributed by atoms with van der Waals surface area (Å²) in [6.45, 7) is 2.55. The van der Waals surface area contributed by atoms with Gasteiger partial charge in [-0.15, -0.1) is 0 Å². The van der Waals surface area contributed by atoms with E-state index >= 15 is 0 Å². The number of hydrogen-bond acceptors (Lipinski definition) is 5. The van der Waals surface area contributed by atoms with Crippen LogP contribution in [0.2, 0.25) is 5.02 Å². The number of carbonyl (C=O) groups is 3. The maximum absolute atomic E-state index is 13.0. The standard InChI is InChI=1S/C24H22ClN3O5/c1-2-32-20-7-4-3-6-19(20)28-14-15(12-22(28)29)23(30)26-17-10-9-16(25)13-18(17)27-24(31)21-8-5-11-33-21/h3-11,13,15H,2,12,14H2,1H3,(H,26,30)(H,27,31). The first-order valence-corrected chi connectivity index (χ1v) is 10.8. The fourth-order valence-electron chi connectivity index (χ4n) is 3.63. The van der Waals surface area contributed by atoms with Gasteiger partial charge in [0.05, 0.1) is 35.9 Å². The zero-order valence-corrected chi connectivity index (χ0v) is 18.6. The van der Waals surface area contributed by atoms with E-state index in [4.69, 9.17) is 20.8 Å². The molecule has 1 fully saturated rings. The summed E-state index contributed by atoms with van der Waals surface area (Å²) < 4.78 is 10.7. The second kappa shape index (κ2) is 9.79. The van der Waals surface area contributed by atoms with Crippen LogP contribution in [0.5, 0.6) is 5.75 Å². The Labute approximate surface area is 195 Å². The van der Waals surface area contributed by atoms with Crippen molar-refractivity contribution in [1.29, 1.82) is 0 Å². The molecule has 2 aromatic carbocycles. The van der Waals surface area contributed by atoms with Crippen LogP contribution in [0.4, 0.5) is 17.1 Å². The lowest BCUT2D eigenvalue weighted by atomic mass is 10.1. The number of ether oxygens (including phenoxy) is 1. The maximum atomic E-state index is 13.0. The van der Waals surface area contributed by atoms with Crippen molar-refractivity contribution in [3.63, 3.8) is 0 Å². The van der Waals surface area contributed by atoms with Gasteiger partial charge in [0, 0.05) is 18.0 Å². The Morgan fingerprint density at radius 1 is 1.12 bits per heavy atom. The zero-order valence-electron chi connectivity index (χ0n) is 17.8. The fraction of sp³-hybridized carbons (Fsp3) is 0.208. The molecular weight excluding hydrogens is 446 g/mol. The Hall–Kier alpha value is -3.78. The molecule has 8 nitrogen and oxygen atoms in total. The topological polar surface area (TPSA) is 101 Å². The lowest BCUT2D eigenvalue weighted by Crippen LogP contribution is -2.28. The van der Waals surface area contributed by atoms with Crippen LogP contribution >= 0.6 is 11.6 Å². The van der Waals surface area contributed by atoms with Crippen LogP contribution in [0.3, 0.4) is 0 Å². The molecule has 4 rings (SSSR count). The van der Waals surface area contributed by atoms with Gasteiger partial charge in [-0.3, -0.25) is 14.4 Å². The Balaban J connectivity index is 1.49. The Morgan fingerprint density at radius 3 is 2.70 bits per heavy atom. The van der Waals surface area contributed by atoms with Crippen molar-refractivity contribution < 1.29 is 23.5 Å². The smallest absolute Gasteiger partial charge is 0.291 e. The molecule has 1 saturated heterocycles. The van der Waals surface area contributed by atoms with Gasteiger partial charge in [-0.05, 0) is 49.4 Å². The maximum Gasteiger partial charge on any atom is 0.291 e. The number of hydrogen-bond donors (Lipinski definition) is 2. The minimum absolute atomic E-state index is 0.0635. The van der Waals surface area contributed by atoms with Gasteiger partial charge in [0.15, 0.2) is 5.76 Å². The number of para-hydroxylation sites is 2. The van der Waals surface area contributed by atoms with E-state index in [9.17, 15) is 14.4 Å². The quantitative estimate of drug-likeness (QED) is 0.530. The molecule has 9 heteroatoms. The summed E-state index contributed by atoms with van der Waals surface area (Å²) in [7, 11) is 0. The molecule has 33 heavy (non-hydrogen) atoms. The van der Waals surface area contributed by atoms with Crippen molar-refractivity contribution in [2.24, 2.45) is 5.92 Å². The SMILES string of the molecule is CCOc1ccccc1N1CC(C(=O)Nc2ccc(Cl)cc2NC(=O)c2ccco2)CC1=O. The average molecular weight is 468 g/mol. The molecule has 1 unspecified atom stereocenters. The van der Waals surface area contributed by atoms with Crippen molar-refractivity contribution in [3.8, 4) is 5.75 Å². The predicted octanol–water partition coefficient (Wildman–Crippen LogP) is 4.58. The number of rotatable bonds is 7. The van der Waals surface area contributed by atoms with Gasteiger partial charge >= 0.3 is 0 Å². The molecule has 0 saturated carbocycles. The summed E-state index contributed by atoms with van der Waals surface area (Å²) in [5.74, 6) is -0.836. The number of nitrogens with one attached hydrogen (secondary N) is 2. The number of amides is 3. The molecule has 1 atom stereocenters. The molecule has 1 aliphatic heterocycles. The van der Waals surface area contributed by atoms with Crippen LogP contribution in [0.25, 0.3) is 0 Å². The number of carbonyl (C=O) groups excluding carboxylic acids is 3. The molecule has 3 aromatic rings. The minimum Gasteiger partial charge on any atom is -0.492 e. The van der Waals surface area contributed by atoms with E-state index in [1.54, 1.807) is 35.2 Å². The highest BCUT2D eigenvalue weighted by Gasteiger charge is 2.36.